The summed E-state index contributed by atoms with van der Waals surface area (Å²) in [7, 11) is 0. The Labute approximate surface area is 104 Å². The minimum absolute atomic E-state index is 0.0470. The molecule has 0 aliphatic rings. The highest BCUT2D eigenvalue weighted by molar-refractivity contribution is 7.10. The van der Waals surface area contributed by atoms with Gasteiger partial charge in [-0.25, -0.2) is 0 Å². The summed E-state index contributed by atoms with van der Waals surface area (Å²) in [5, 5.41) is 11.5. The maximum atomic E-state index is 11.9. The normalized spacial score (nSPS) is 12.6. The summed E-state index contributed by atoms with van der Waals surface area (Å²) < 4.78 is 0. The molecule has 2 aromatic rings. The molecule has 0 spiro atoms. The first-order valence-electron chi connectivity index (χ1n) is 5.52. The molecule has 0 unspecified atom stereocenters. The van der Waals surface area contributed by atoms with E-state index in [9.17, 15) is 4.79 Å². The predicted molar refractivity (Wildman–Crippen MR) is 68.0 cm³/mol. The van der Waals surface area contributed by atoms with Gasteiger partial charge in [-0.05, 0) is 23.4 Å². The zero-order chi connectivity index (χ0) is 12.3. The van der Waals surface area contributed by atoms with Crippen LogP contribution >= 0.6 is 11.3 Å². The van der Waals surface area contributed by atoms with E-state index in [1.54, 1.807) is 23.6 Å². The minimum atomic E-state index is -0.116. The van der Waals surface area contributed by atoms with Crippen LogP contribution in [0.2, 0.25) is 0 Å². The summed E-state index contributed by atoms with van der Waals surface area (Å²) in [6, 6.07) is 5.76. The summed E-state index contributed by atoms with van der Waals surface area (Å²) in [6.07, 6.45) is 1.57. The number of hydrogen-bond donors (Lipinski definition) is 2. The van der Waals surface area contributed by atoms with Crippen molar-refractivity contribution in [3.05, 3.63) is 40.3 Å². The van der Waals surface area contributed by atoms with Gasteiger partial charge < -0.3 is 5.32 Å². The highest BCUT2D eigenvalue weighted by atomic mass is 32.1. The van der Waals surface area contributed by atoms with Gasteiger partial charge in [0, 0.05) is 11.1 Å². The maximum Gasteiger partial charge on any atom is 0.269 e. The van der Waals surface area contributed by atoms with Crippen LogP contribution in [0, 0.1) is 5.92 Å². The van der Waals surface area contributed by atoms with E-state index < -0.39 is 0 Å². The topological polar surface area (TPSA) is 57.8 Å². The van der Waals surface area contributed by atoms with Crippen LogP contribution in [0.3, 0.4) is 0 Å². The number of rotatable bonds is 4. The van der Waals surface area contributed by atoms with Crippen LogP contribution in [-0.4, -0.2) is 16.1 Å². The van der Waals surface area contributed by atoms with E-state index in [1.165, 1.54) is 4.88 Å². The van der Waals surface area contributed by atoms with Crippen LogP contribution < -0.4 is 5.32 Å². The zero-order valence-electron chi connectivity index (χ0n) is 9.81. The number of H-pyrrole nitrogens is 1. The molecule has 0 aromatic carbocycles. The van der Waals surface area contributed by atoms with Crippen molar-refractivity contribution in [3.8, 4) is 0 Å². The van der Waals surface area contributed by atoms with E-state index in [0.717, 1.165) is 0 Å². The highest BCUT2D eigenvalue weighted by Gasteiger charge is 2.20. The smallest absolute Gasteiger partial charge is 0.269 e. The van der Waals surface area contributed by atoms with E-state index in [4.69, 9.17) is 0 Å². The lowest BCUT2D eigenvalue weighted by molar-refractivity contribution is 0.0921. The summed E-state index contributed by atoms with van der Waals surface area (Å²) in [6.45, 7) is 4.19. The van der Waals surface area contributed by atoms with Crippen LogP contribution in [0.4, 0.5) is 0 Å². The molecule has 2 aromatic heterocycles. The van der Waals surface area contributed by atoms with Gasteiger partial charge in [0.15, 0.2) is 0 Å². The quantitative estimate of drug-likeness (QED) is 0.875. The molecule has 5 heteroatoms. The van der Waals surface area contributed by atoms with E-state index in [2.05, 4.69) is 29.4 Å². The number of aromatic nitrogens is 2. The second kappa shape index (κ2) is 5.14. The molecular formula is C12H15N3OS. The first kappa shape index (κ1) is 11.9. The fourth-order valence-corrected chi connectivity index (χ4v) is 2.58. The molecule has 0 fully saturated rings. The SMILES string of the molecule is CC(C)[C@H](NC(=O)c1ccn[nH]1)c1cccs1. The number of carbonyl (C=O) groups is 1. The second-order valence-electron chi connectivity index (χ2n) is 4.18. The standard InChI is InChI=1S/C12H15N3OS/c1-8(2)11(10-4-3-7-17-10)14-12(16)9-5-6-13-15-9/h3-8,11H,1-2H3,(H,13,15)(H,14,16)/t11-/m0/s1. The molecule has 17 heavy (non-hydrogen) atoms. The van der Waals surface area contributed by atoms with Gasteiger partial charge >= 0.3 is 0 Å². The first-order valence-corrected chi connectivity index (χ1v) is 6.40. The number of nitrogens with zero attached hydrogens (tertiary/aromatic N) is 1. The summed E-state index contributed by atoms with van der Waals surface area (Å²) in [5.74, 6) is 0.232. The van der Waals surface area contributed by atoms with Crippen LogP contribution in [-0.2, 0) is 0 Å². The third-order valence-electron chi connectivity index (χ3n) is 2.55. The maximum absolute atomic E-state index is 11.9. The monoisotopic (exact) mass is 249 g/mol. The number of carbonyl (C=O) groups excluding carboxylic acids is 1. The Morgan fingerprint density at radius 3 is 2.82 bits per heavy atom. The number of aromatic amines is 1. The highest BCUT2D eigenvalue weighted by Crippen LogP contribution is 2.25. The van der Waals surface area contributed by atoms with Crippen molar-refractivity contribution in [1.82, 2.24) is 15.5 Å². The lowest BCUT2D eigenvalue weighted by Crippen LogP contribution is -2.31. The van der Waals surface area contributed by atoms with Gasteiger partial charge in [-0.2, -0.15) is 5.10 Å². The molecule has 0 aliphatic carbocycles. The molecule has 4 nitrogen and oxygen atoms in total. The lowest BCUT2D eigenvalue weighted by Gasteiger charge is -2.20. The molecular weight excluding hydrogens is 234 g/mol. The van der Waals surface area contributed by atoms with Crippen molar-refractivity contribution in [1.29, 1.82) is 0 Å². The molecule has 0 radical (unpaired) electrons. The zero-order valence-corrected chi connectivity index (χ0v) is 10.6. The van der Waals surface area contributed by atoms with E-state index in [-0.39, 0.29) is 11.9 Å². The van der Waals surface area contributed by atoms with Crippen LogP contribution in [0.1, 0.15) is 35.3 Å². The number of hydrogen-bond acceptors (Lipinski definition) is 3. The second-order valence-corrected chi connectivity index (χ2v) is 5.16. The molecule has 0 bridgehead atoms. The summed E-state index contributed by atoms with van der Waals surface area (Å²) in [5.41, 5.74) is 0.493. The van der Waals surface area contributed by atoms with Crippen LogP contribution in [0.25, 0.3) is 0 Å². The number of thiophene rings is 1. The molecule has 2 heterocycles. The van der Waals surface area contributed by atoms with Crippen molar-refractivity contribution in [2.45, 2.75) is 19.9 Å². The predicted octanol–water partition coefficient (Wildman–Crippen LogP) is 2.60. The lowest BCUT2D eigenvalue weighted by atomic mass is 10.0. The van der Waals surface area contributed by atoms with Gasteiger partial charge in [0.05, 0.1) is 6.04 Å². The van der Waals surface area contributed by atoms with Crippen molar-refractivity contribution in [3.63, 3.8) is 0 Å². The Balaban J connectivity index is 2.12. The summed E-state index contributed by atoms with van der Waals surface area (Å²) >= 11 is 1.66. The third-order valence-corrected chi connectivity index (χ3v) is 3.50. The number of nitrogens with one attached hydrogen (secondary N) is 2. The van der Waals surface area contributed by atoms with Crippen molar-refractivity contribution in [2.75, 3.05) is 0 Å². The van der Waals surface area contributed by atoms with Gasteiger partial charge in [0.2, 0.25) is 0 Å². The van der Waals surface area contributed by atoms with Crippen molar-refractivity contribution < 1.29 is 4.79 Å². The van der Waals surface area contributed by atoms with E-state index >= 15 is 0 Å². The Bertz CT molecular complexity index is 462. The van der Waals surface area contributed by atoms with E-state index in [0.29, 0.717) is 11.6 Å². The van der Waals surface area contributed by atoms with Gasteiger partial charge in [-0.3, -0.25) is 9.89 Å². The fourth-order valence-electron chi connectivity index (χ4n) is 1.64. The molecule has 1 amide bonds. The third kappa shape index (κ3) is 2.74. The van der Waals surface area contributed by atoms with Crippen LogP contribution in [0.15, 0.2) is 29.8 Å². The van der Waals surface area contributed by atoms with E-state index in [1.807, 2.05) is 17.5 Å². The van der Waals surface area contributed by atoms with Gasteiger partial charge in [-0.15, -0.1) is 11.3 Å². The molecule has 0 saturated carbocycles. The average molecular weight is 249 g/mol. The largest absolute Gasteiger partial charge is 0.343 e. The molecule has 0 aliphatic heterocycles. The Hall–Kier alpha value is -1.62. The molecule has 2 rings (SSSR count). The van der Waals surface area contributed by atoms with Crippen molar-refractivity contribution >= 4 is 17.2 Å². The Morgan fingerprint density at radius 1 is 1.47 bits per heavy atom. The Kier molecular flexibility index (Phi) is 3.58. The number of amides is 1. The van der Waals surface area contributed by atoms with Gasteiger partial charge in [-0.1, -0.05) is 19.9 Å². The van der Waals surface area contributed by atoms with Gasteiger partial charge in [0.1, 0.15) is 5.69 Å². The van der Waals surface area contributed by atoms with Crippen LogP contribution in [0.5, 0.6) is 0 Å². The molecule has 1 atom stereocenters. The first-order chi connectivity index (χ1) is 8.18. The van der Waals surface area contributed by atoms with Crippen molar-refractivity contribution in [2.24, 2.45) is 5.92 Å². The molecule has 0 saturated heterocycles. The van der Waals surface area contributed by atoms with Gasteiger partial charge in [0.25, 0.3) is 5.91 Å². The molecule has 90 valence electrons. The average Bonchev–Trinajstić information content (AvgIpc) is 2.97. The molecule has 2 N–H and O–H groups in total. The Morgan fingerprint density at radius 2 is 2.29 bits per heavy atom. The summed E-state index contributed by atoms with van der Waals surface area (Å²) in [4.78, 5) is 13.1. The minimum Gasteiger partial charge on any atom is -0.343 e. The fraction of sp³-hybridized carbons (Fsp3) is 0.333.